The molecule has 4 nitrogen and oxygen atoms in total. The van der Waals surface area contributed by atoms with E-state index in [1.807, 2.05) is 44.2 Å². The van der Waals surface area contributed by atoms with Crippen molar-refractivity contribution in [1.82, 2.24) is 15.0 Å². The highest BCUT2D eigenvalue weighted by molar-refractivity contribution is 5.63. The second-order valence-corrected chi connectivity index (χ2v) is 3.83. The lowest BCUT2D eigenvalue weighted by Gasteiger charge is -2.12. The summed E-state index contributed by atoms with van der Waals surface area (Å²) in [6, 6.07) is 3.91. The van der Waals surface area contributed by atoms with Gasteiger partial charge in [0.05, 0.1) is 5.69 Å². The number of hydrogen-bond acceptors (Lipinski definition) is 4. The first-order valence-corrected chi connectivity index (χ1v) is 5.10. The van der Waals surface area contributed by atoms with Gasteiger partial charge in [-0.15, -0.1) is 0 Å². The number of nitrogens with zero attached hydrogens (tertiary/aromatic N) is 4. The van der Waals surface area contributed by atoms with Crippen LogP contribution in [0.1, 0.15) is 5.56 Å². The summed E-state index contributed by atoms with van der Waals surface area (Å²) in [6.07, 6.45) is 5.39. The van der Waals surface area contributed by atoms with E-state index in [1.165, 1.54) is 0 Å². The number of anilines is 1. The van der Waals surface area contributed by atoms with Gasteiger partial charge in [-0.2, -0.15) is 0 Å². The molecule has 82 valence electrons. The Morgan fingerprint density at radius 3 is 2.44 bits per heavy atom. The molecule has 0 aromatic carbocycles. The Labute approximate surface area is 95.0 Å². The van der Waals surface area contributed by atoms with Gasteiger partial charge < -0.3 is 4.90 Å². The van der Waals surface area contributed by atoms with Crippen molar-refractivity contribution in [2.75, 3.05) is 19.0 Å². The zero-order valence-corrected chi connectivity index (χ0v) is 9.68. The van der Waals surface area contributed by atoms with Crippen LogP contribution in [0.4, 0.5) is 5.95 Å². The molecule has 0 aliphatic heterocycles. The summed E-state index contributed by atoms with van der Waals surface area (Å²) in [5.41, 5.74) is 3.09. The molecule has 2 aromatic heterocycles. The van der Waals surface area contributed by atoms with E-state index in [1.54, 1.807) is 12.4 Å². The Bertz CT molecular complexity index is 480. The molecule has 0 radical (unpaired) electrons. The minimum absolute atomic E-state index is 0.720. The van der Waals surface area contributed by atoms with E-state index >= 15 is 0 Å². The van der Waals surface area contributed by atoms with Crippen LogP contribution in [0, 0.1) is 6.92 Å². The van der Waals surface area contributed by atoms with Crippen molar-refractivity contribution in [3.05, 3.63) is 36.3 Å². The number of rotatable bonds is 2. The molecule has 16 heavy (non-hydrogen) atoms. The van der Waals surface area contributed by atoms with Crippen LogP contribution in [0.15, 0.2) is 30.7 Å². The molecule has 0 atom stereocenters. The van der Waals surface area contributed by atoms with E-state index in [4.69, 9.17) is 0 Å². The normalized spacial score (nSPS) is 10.2. The Morgan fingerprint density at radius 1 is 1.12 bits per heavy atom. The van der Waals surface area contributed by atoms with Crippen molar-refractivity contribution in [2.24, 2.45) is 0 Å². The Morgan fingerprint density at radius 2 is 1.81 bits per heavy atom. The fraction of sp³-hybridized carbons (Fsp3) is 0.250. The molecule has 0 saturated heterocycles. The molecule has 0 spiro atoms. The topological polar surface area (TPSA) is 41.9 Å². The molecule has 2 heterocycles. The molecule has 0 aliphatic rings. The fourth-order valence-electron chi connectivity index (χ4n) is 1.45. The largest absolute Gasteiger partial charge is 0.347 e. The van der Waals surface area contributed by atoms with Gasteiger partial charge in [-0.3, -0.25) is 4.98 Å². The standard InChI is InChI=1S/C12H14N4/c1-9-8-14-12(16(2)3)15-11(9)10-4-6-13-7-5-10/h4-8H,1-3H3. The maximum atomic E-state index is 4.53. The van der Waals surface area contributed by atoms with Gasteiger partial charge in [0.15, 0.2) is 0 Å². The third kappa shape index (κ3) is 2.00. The summed E-state index contributed by atoms with van der Waals surface area (Å²) in [7, 11) is 3.86. The maximum Gasteiger partial charge on any atom is 0.225 e. The predicted octanol–water partition coefficient (Wildman–Crippen LogP) is 1.91. The quantitative estimate of drug-likeness (QED) is 0.765. The highest BCUT2D eigenvalue weighted by Crippen LogP contribution is 2.21. The van der Waals surface area contributed by atoms with Crippen molar-refractivity contribution in [3.8, 4) is 11.3 Å². The SMILES string of the molecule is Cc1cnc(N(C)C)nc1-c1ccncc1. The summed E-state index contributed by atoms with van der Waals surface area (Å²) in [6.45, 7) is 2.01. The first-order chi connectivity index (χ1) is 7.68. The van der Waals surface area contributed by atoms with Gasteiger partial charge in [-0.05, 0) is 24.6 Å². The summed E-state index contributed by atoms with van der Waals surface area (Å²) >= 11 is 0. The lowest BCUT2D eigenvalue weighted by molar-refractivity contribution is 0.991. The minimum Gasteiger partial charge on any atom is -0.347 e. The summed E-state index contributed by atoms with van der Waals surface area (Å²) in [4.78, 5) is 14.7. The monoisotopic (exact) mass is 214 g/mol. The molecule has 4 heteroatoms. The summed E-state index contributed by atoms with van der Waals surface area (Å²) in [5, 5.41) is 0. The number of hydrogen-bond donors (Lipinski definition) is 0. The Kier molecular flexibility index (Phi) is 2.81. The van der Waals surface area contributed by atoms with Crippen molar-refractivity contribution < 1.29 is 0 Å². The van der Waals surface area contributed by atoms with E-state index < -0.39 is 0 Å². The number of aryl methyl sites for hydroxylation is 1. The van der Waals surface area contributed by atoms with Crippen LogP contribution in [0.2, 0.25) is 0 Å². The molecule has 0 saturated carbocycles. The molecule has 0 unspecified atom stereocenters. The molecule has 0 amide bonds. The van der Waals surface area contributed by atoms with Crippen LogP contribution in [0.25, 0.3) is 11.3 Å². The molecule has 2 rings (SSSR count). The van der Waals surface area contributed by atoms with Crippen LogP contribution in [0.3, 0.4) is 0 Å². The molecule has 0 bridgehead atoms. The van der Waals surface area contributed by atoms with Crippen LogP contribution in [-0.2, 0) is 0 Å². The second-order valence-electron chi connectivity index (χ2n) is 3.83. The summed E-state index contributed by atoms with van der Waals surface area (Å²) < 4.78 is 0. The first kappa shape index (κ1) is 10.5. The second kappa shape index (κ2) is 4.26. The van der Waals surface area contributed by atoms with E-state index in [2.05, 4.69) is 15.0 Å². The fourth-order valence-corrected chi connectivity index (χ4v) is 1.45. The highest BCUT2D eigenvalue weighted by atomic mass is 15.2. The molecular weight excluding hydrogens is 200 g/mol. The molecular formula is C12H14N4. The third-order valence-corrected chi connectivity index (χ3v) is 2.31. The predicted molar refractivity (Wildman–Crippen MR) is 64.3 cm³/mol. The zero-order valence-electron chi connectivity index (χ0n) is 9.68. The Balaban J connectivity index is 2.52. The lowest BCUT2D eigenvalue weighted by atomic mass is 10.1. The summed E-state index contributed by atoms with van der Waals surface area (Å²) in [5.74, 6) is 0.720. The van der Waals surface area contributed by atoms with E-state index in [0.29, 0.717) is 0 Å². The van der Waals surface area contributed by atoms with Crippen LogP contribution in [0.5, 0.6) is 0 Å². The van der Waals surface area contributed by atoms with Crippen molar-refractivity contribution in [2.45, 2.75) is 6.92 Å². The average Bonchev–Trinajstić information content (AvgIpc) is 2.30. The van der Waals surface area contributed by atoms with Crippen molar-refractivity contribution in [3.63, 3.8) is 0 Å². The number of aromatic nitrogens is 3. The number of pyridine rings is 1. The first-order valence-electron chi connectivity index (χ1n) is 5.10. The zero-order chi connectivity index (χ0) is 11.5. The van der Waals surface area contributed by atoms with Gasteiger partial charge in [0.25, 0.3) is 0 Å². The van der Waals surface area contributed by atoms with Gasteiger partial charge in [0.1, 0.15) is 0 Å². The molecule has 2 aromatic rings. The third-order valence-electron chi connectivity index (χ3n) is 2.31. The van der Waals surface area contributed by atoms with E-state index in [9.17, 15) is 0 Å². The van der Waals surface area contributed by atoms with Crippen molar-refractivity contribution >= 4 is 5.95 Å². The van der Waals surface area contributed by atoms with E-state index in [0.717, 1.165) is 22.8 Å². The van der Waals surface area contributed by atoms with E-state index in [-0.39, 0.29) is 0 Å². The average molecular weight is 214 g/mol. The molecule has 0 N–H and O–H groups in total. The van der Waals surface area contributed by atoms with Gasteiger partial charge in [-0.25, -0.2) is 9.97 Å². The van der Waals surface area contributed by atoms with Crippen molar-refractivity contribution in [1.29, 1.82) is 0 Å². The smallest absolute Gasteiger partial charge is 0.225 e. The van der Waals surface area contributed by atoms with Gasteiger partial charge in [0, 0.05) is 38.2 Å². The van der Waals surface area contributed by atoms with Gasteiger partial charge >= 0.3 is 0 Å². The van der Waals surface area contributed by atoms with Gasteiger partial charge in [0.2, 0.25) is 5.95 Å². The van der Waals surface area contributed by atoms with Crippen LogP contribution < -0.4 is 4.90 Å². The maximum absolute atomic E-state index is 4.53. The Hall–Kier alpha value is -1.97. The van der Waals surface area contributed by atoms with Crippen LogP contribution in [-0.4, -0.2) is 29.0 Å². The van der Waals surface area contributed by atoms with Crippen LogP contribution >= 0.6 is 0 Å². The van der Waals surface area contributed by atoms with Gasteiger partial charge in [-0.1, -0.05) is 0 Å². The highest BCUT2D eigenvalue weighted by Gasteiger charge is 2.07. The molecule has 0 aliphatic carbocycles. The lowest BCUT2D eigenvalue weighted by Crippen LogP contribution is -2.13. The minimum atomic E-state index is 0.720. The molecule has 0 fully saturated rings.